The van der Waals surface area contributed by atoms with E-state index in [2.05, 4.69) is 20.3 Å². The monoisotopic (exact) mass is 345 g/mol. The number of aromatic nitrogens is 4. The third-order valence-corrected chi connectivity index (χ3v) is 3.68. The predicted molar refractivity (Wildman–Crippen MR) is 91.4 cm³/mol. The van der Waals surface area contributed by atoms with E-state index in [-0.39, 0.29) is 11.3 Å². The lowest BCUT2D eigenvalue weighted by Gasteiger charge is -2.07. The van der Waals surface area contributed by atoms with Gasteiger partial charge in [0.1, 0.15) is 0 Å². The maximum Gasteiger partial charge on any atom is 0.337 e. The fraction of sp³-hybridized carbons (Fsp3) is 0.250. The molecule has 0 radical (unpaired) electrons. The van der Waals surface area contributed by atoms with Crippen molar-refractivity contribution in [1.82, 2.24) is 19.5 Å². The number of methoxy groups -OCH3 is 1. The molecule has 3 rings (SSSR count). The summed E-state index contributed by atoms with van der Waals surface area (Å²) >= 11 is 6.01. The second kappa shape index (κ2) is 6.84. The molecule has 124 valence electrons. The number of halogens is 1. The Kier molecular flexibility index (Phi) is 4.61. The smallest absolute Gasteiger partial charge is 0.337 e. The largest absolute Gasteiger partial charge is 0.465 e. The molecular weight excluding hydrogens is 330 g/mol. The molecule has 1 aromatic carbocycles. The lowest BCUT2D eigenvalue weighted by Crippen LogP contribution is -2.04. The SMILES string of the molecule is CCNc1nc(Cl)nc2c1ncn2Cc1ccc(C(=O)OC)cc1. The third-order valence-electron chi connectivity index (χ3n) is 3.51. The van der Waals surface area contributed by atoms with Crippen LogP contribution in [0.15, 0.2) is 30.6 Å². The van der Waals surface area contributed by atoms with E-state index in [9.17, 15) is 4.79 Å². The van der Waals surface area contributed by atoms with Crippen LogP contribution in [0.5, 0.6) is 0 Å². The van der Waals surface area contributed by atoms with Crippen LogP contribution in [0, 0.1) is 0 Å². The van der Waals surface area contributed by atoms with Crippen molar-refractivity contribution < 1.29 is 9.53 Å². The highest BCUT2D eigenvalue weighted by atomic mass is 35.5. The Morgan fingerprint density at radius 1 is 1.29 bits per heavy atom. The zero-order chi connectivity index (χ0) is 17.1. The number of carbonyl (C=O) groups excluding carboxylic acids is 1. The fourth-order valence-electron chi connectivity index (χ4n) is 2.38. The van der Waals surface area contributed by atoms with Crippen molar-refractivity contribution in [3.05, 3.63) is 47.0 Å². The van der Waals surface area contributed by atoms with E-state index < -0.39 is 0 Å². The Labute approximate surface area is 143 Å². The van der Waals surface area contributed by atoms with E-state index in [4.69, 9.17) is 16.3 Å². The van der Waals surface area contributed by atoms with Gasteiger partial charge in [0.05, 0.1) is 25.5 Å². The van der Waals surface area contributed by atoms with Gasteiger partial charge in [-0.2, -0.15) is 9.97 Å². The Morgan fingerprint density at radius 2 is 2.04 bits per heavy atom. The van der Waals surface area contributed by atoms with Crippen LogP contribution < -0.4 is 5.32 Å². The highest BCUT2D eigenvalue weighted by Gasteiger charge is 2.12. The summed E-state index contributed by atoms with van der Waals surface area (Å²) in [6.07, 6.45) is 1.70. The Hall–Kier alpha value is -2.67. The first-order chi connectivity index (χ1) is 11.6. The number of nitrogens with zero attached hydrogens (tertiary/aromatic N) is 4. The van der Waals surface area contributed by atoms with Crippen LogP contribution in [-0.2, 0) is 11.3 Å². The normalized spacial score (nSPS) is 10.8. The zero-order valence-electron chi connectivity index (χ0n) is 13.3. The van der Waals surface area contributed by atoms with E-state index >= 15 is 0 Å². The van der Waals surface area contributed by atoms with Crippen molar-refractivity contribution in [3.63, 3.8) is 0 Å². The number of imidazole rings is 1. The van der Waals surface area contributed by atoms with Crippen LogP contribution >= 0.6 is 11.6 Å². The van der Waals surface area contributed by atoms with Crippen molar-refractivity contribution in [2.24, 2.45) is 0 Å². The molecule has 0 saturated heterocycles. The highest BCUT2D eigenvalue weighted by Crippen LogP contribution is 2.21. The number of hydrogen-bond acceptors (Lipinski definition) is 6. The molecule has 0 aliphatic carbocycles. The summed E-state index contributed by atoms with van der Waals surface area (Å²) in [5.41, 5.74) is 2.84. The van der Waals surface area contributed by atoms with E-state index in [1.54, 1.807) is 18.5 Å². The van der Waals surface area contributed by atoms with Gasteiger partial charge >= 0.3 is 5.97 Å². The third kappa shape index (κ3) is 3.16. The van der Waals surface area contributed by atoms with Crippen LogP contribution in [0.4, 0.5) is 5.82 Å². The molecule has 0 amide bonds. The van der Waals surface area contributed by atoms with E-state index in [0.717, 1.165) is 5.56 Å². The maximum atomic E-state index is 11.5. The molecule has 2 heterocycles. The number of anilines is 1. The van der Waals surface area contributed by atoms with Gasteiger partial charge in [-0.1, -0.05) is 12.1 Å². The summed E-state index contributed by atoms with van der Waals surface area (Å²) in [4.78, 5) is 24.3. The number of rotatable bonds is 5. The van der Waals surface area contributed by atoms with Crippen LogP contribution in [0.1, 0.15) is 22.8 Å². The second-order valence-electron chi connectivity index (χ2n) is 5.10. The summed E-state index contributed by atoms with van der Waals surface area (Å²) in [5.74, 6) is 0.261. The molecule has 0 fully saturated rings. The van der Waals surface area contributed by atoms with Gasteiger partial charge in [-0.05, 0) is 36.2 Å². The van der Waals surface area contributed by atoms with Crippen LogP contribution in [0.2, 0.25) is 5.28 Å². The molecule has 0 saturated carbocycles. The number of esters is 1. The quantitative estimate of drug-likeness (QED) is 0.565. The van der Waals surface area contributed by atoms with Gasteiger partial charge in [-0.25, -0.2) is 9.78 Å². The standard InChI is InChI=1S/C16H16ClN5O2/c1-3-18-13-12-14(21-16(17)20-13)22(9-19-12)8-10-4-6-11(7-5-10)15(23)24-2/h4-7,9H,3,8H2,1-2H3,(H,18,20,21). The molecule has 7 nitrogen and oxygen atoms in total. The molecule has 0 atom stereocenters. The van der Waals surface area contributed by atoms with Crippen LogP contribution in [0.3, 0.4) is 0 Å². The molecule has 24 heavy (non-hydrogen) atoms. The summed E-state index contributed by atoms with van der Waals surface area (Å²) < 4.78 is 6.58. The summed E-state index contributed by atoms with van der Waals surface area (Å²) in [5, 5.41) is 3.30. The Balaban J connectivity index is 1.91. The Morgan fingerprint density at radius 3 is 2.71 bits per heavy atom. The summed E-state index contributed by atoms with van der Waals surface area (Å²) in [7, 11) is 1.36. The van der Waals surface area contributed by atoms with Crippen molar-refractivity contribution in [2.75, 3.05) is 19.0 Å². The van der Waals surface area contributed by atoms with Crippen LogP contribution in [-0.4, -0.2) is 39.1 Å². The van der Waals surface area contributed by atoms with E-state index in [1.807, 2.05) is 23.6 Å². The average molecular weight is 346 g/mol. The fourth-order valence-corrected chi connectivity index (χ4v) is 2.55. The van der Waals surface area contributed by atoms with Gasteiger partial charge in [-0.15, -0.1) is 0 Å². The molecule has 1 N–H and O–H groups in total. The molecule has 0 aliphatic rings. The number of hydrogen-bond donors (Lipinski definition) is 1. The van der Waals surface area contributed by atoms with Crippen molar-refractivity contribution in [3.8, 4) is 0 Å². The van der Waals surface area contributed by atoms with Gasteiger partial charge in [0.2, 0.25) is 5.28 Å². The van der Waals surface area contributed by atoms with Gasteiger partial charge < -0.3 is 14.6 Å². The second-order valence-corrected chi connectivity index (χ2v) is 5.44. The number of nitrogens with one attached hydrogen (secondary N) is 1. The zero-order valence-corrected chi connectivity index (χ0v) is 14.0. The van der Waals surface area contributed by atoms with Gasteiger partial charge in [0, 0.05) is 6.54 Å². The molecule has 2 aromatic heterocycles. The first-order valence-corrected chi connectivity index (χ1v) is 7.79. The molecule has 0 unspecified atom stereocenters. The number of ether oxygens (including phenoxy) is 1. The molecule has 3 aromatic rings. The summed E-state index contributed by atoms with van der Waals surface area (Å²) in [6.45, 7) is 3.24. The summed E-state index contributed by atoms with van der Waals surface area (Å²) in [6, 6.07) is 7.19. The first kappa shape index (κ1) is 16.2. The molecule has 0 aliphatic heterocycles. The minimum atomic E-state index is -0.357. The minimum Gasteiger partial charge on any atom is -0.465 e. The topological polar surface area (TPSA) is 81.9 Å². The van der Waals surface area contributed by atoms with Crippen molar-refractivity contribution in [2.45, 2.75) is 13.5 Å². The van der Waals surface area contributed by atoms with Crippen molar-refractivity contribution >= 4 is 34.6 Å². The molecule has 0 bridgehead atoms. The number of benzene rings is 1. The van der Waals surface area contributed by atoms with E-state index in [1.165, 1.54) is 7.11 Å². The lowest BCUT2D eigenvalue weighted by molar-refractivity contribution is 0.0600. The molecule has 0 spiro atoms. The molecule has 8 heteroatoms. The first-order valence-electron chi connectivity index (χ1n) is 7.42. The van der Waals surface area contributed by atoms with Gasteiger partial charge in [0.25, 0.3) is 0 Å². The van der Waals surface area contributed by atoms with Crippen LogP contribution in [0.25, 0.3) is 11.2 Å². The Bertz CT molecular complexity index is 876. The molecular formula is C16H16ClN5O2. The average Bonchev–Trinajstić information content (AvgIpc) is 2.98. The maximum absolute atomic E-state index is 11.5. The van der Waals surface area contributed by atoms with Gasteiger partial charge in [-0.3, -0.25) is 0 Å². The number of carbonyl (C=O) groups is 1. The number of fused-ring (bicyclic) bond motifs is 1. The predicted octanol–water partition coefficient (Wildman–Crippen LogP) is 2.75. The minimum absolute atomic E-state index is 0.168. The highest BCUT2D eigenvalue weighted by molar-refractivity contribution is 6.28. The van der Waals surface area contributed by atoms with Gasteiger partial charge in [0.15, 0.2) is 17.0 Å². The van der Waals surface area contributed by atoms with E-state index in [0.29, 0.717) is 35.6 Å². The lowest BCUT2D eigenvalue weighted by atomic mass is 10.1. The van der Waals surface area contributed by atoms with Crippen molar-refractivity contribution in [1.29, 1.82) is 0 Å².